The van der Waals surface area contributed by atoms with Crippen LogP contribution < -0.4 is 5.32 Å². The van der Waals surface area contributed by atoms with Gasteiger partial charge in [0.25, 0.3) is 0 Å². The van der Waals surface area contributed by atoms with Gasteiger partial charge in [0.1, 0.15) is 0 Å². The number of rotatable bonds is 3. The molecular formula is C16H27N3O. The first-order chi connectivity index (χ1) is 9.87. The molecule has 5 rings (SSSR count). The second-order valence-electron chi connectivity index (χ2n) is 7.17. The molecule has 0 amide bonds. The topological polar surface area (TPSA) is 36.9 Å². The third-order valence-corrected chi connectivity index (χ3v) is 5.68. The first-order valence-corrected chi connectivity index (χ1v) is 8.48. The molecule has 0 aromatic rings. The minimum absolute atomic E-state index is 0.730. The maximum absolute atomic E-state index is 5.40. The lowest BCUT2D eigenvalue weighted by atomic mass is 9.68. The Morgan fingerprint density at radius 3 is 2.55 bits per heavy atom. The summed E-state index contributed by atoms with van der Waals surface area (Å²) in [6, 6.07) is 0.730. The van der Waals surface area contributed by atoms with Gasteiger partial charge >= 0.3 is 0 Å². The van der Waals surface area contributed by atoms with Gasteiger partial charge in [-0.05, 0) is 43.9 Å². The van der Waals surface area contributed by atoms with Crippen molar-refractivity contribution in [3.63, 3.8) is 0 Å². The Labute approximate surface area is 122 Å². The lowest BCUT2D eigenvalue weighted by Crippen LogP contribution is -2.39. The molecule has 4 atom stereocenters. The lowest BCUT2D eigenvalue weighted by Gasteiger charge is -2.37. The summed E-state index contributed by atoms with van der Waals surface area (Å²) in [5.41, 5.74) is 0. The second kappa shape index (κ2) is 5.64. The number of nitrogens with zero attached hydrogens (tertiary/aromatic N) is 2. The summed E-state index contributed by atoms with van der Waals surface area (Å²) in [5, 5.41) is 3.78. The van der Waals surface area contributed by atoms with Crippen molar-refractivity contribution in [2.24, 2.45) is 22.7 Å². The Balaban J connectivity index is 1.36. The van der Waals surface area contributed by atoms with Gasteiger partial charge in [-0.3, -0.25) is 9.89 Å². The third kappa shape index (κ3) is 2.73. The summed E-state index contributed by atoms with van der Waals surface area (Å²) in [6.45, 7) is 5.99. The van der Waals surface area contributed by atoms with Crippen LogP contribution in [0.4, 0.5) is 0 Å². The third-order valence-electron chi connectivity index (χ3n) is 5.68. The standard InChI is InChI=1S/C16H27N3O/c1(2-19-3-5-20-6-4-19)17-16-14-8-12-7-13(9-14)11-15(10-12)18-16/h12-15H,1-11H2,(H,17,18)/t12-,13+,14?,15?. The molecule has 0 radical (unpaired) electrons. The van der Waals surface area contributed by atoms with Crippen molar-refractivity contribution in [1.29, 1.82) is 0 Å². The zero-order valence-electron chi connectivity index (χ0n) is 12.4. The van der Waals surface area contributed by atoms with Gasteiger partial charge in [-0.1, -0.05) is 0 Å². The second-order valence-corrected chi connectivity index (χ2v) is 7.17. The molecule has 5 fully saturated rings. The molecular weight excluding hydrogens is 250 g/mol. The zero-order valence-corrected chi connectivity index (χ0v) is 12.4. The van der Waals surface area contributed by atoms with E-state index in [9.17, 15) is 0 Å². The average molecular weight is 277 g/mol. The molecule has 3 saturated heterocycles. The van der Waals surface area contributed by atoms with Gasteiger partial charge < -0.3 is 10.1 Å². The SMILES string of the molecule is C(CN1CCOCC1)N=C1NC2C[C@@H]3CC1C[C@H](C2)C3. The monoisotopic (exact) mass is 277 g/mol. The summed E-state index contributed by atoms with van der Waals surface area (Å²) >= 11 is 0. The van der Waals surface area contributed by atoms with Crippen molar-refractivity contribution in [2.45, 2.75) is 38.1 Å². The van der Waals surface area contributed by atoms with E-state index in [0.29, 0.717) is 0 Å². The summed E-state index contributed by atoms with van der Waals surface area (Å²) in [5.74, 6) is 4.07. The molecule has 2 saturated carbocycles. The van der Waals surface area contributed by atoms with E-state index in [0.717, 1.165) is 63.2 Å². The van der Waals surface area contributed by atoms with Crippen LogP contribution in [0, 0.1) is 17.8 Å². The largest absolute Gasteiger partial charge is 0.379 e. The number of amidine groups is 1. The fraction of sp³-hybridized carbons (Fsp3) is 0.938. The van der Waals surface area contributed by atoms with E-state index in [-0.39, 0.29) is 0 Å². The predicted molar refractivity (Wildman–Crippen MR) is 80.0 cm³/mol. The molecule has 0 aromatic carbocycles. The number of aliphatic imine (C=N–C) groups is 1. The van der Waals surface area contributed by atoms with Gasteiger partial charge in [0.05, 0.1) is 25.6 Å². The smallest absolute Gasteiger partial charge is 0.0997 e. The first kappa shape index (κ1) is 13.1. The van der Waals surface area contributed by atoms with Crippen LogP contribution in [0.2, 0.25) is 0 Å². The Morgan fingerprint density at radius 1 is 1.05 bits per heavy atom. The number of fused-ring (bicyclic) bond motifs is 1. The molecule has 0 aromatic heterocycles. The lowest BCUT2D eigenvalue weighted by molar-refractivity contribution is 0.0394. The molecule has 4 heteroatoms. The molecule has 5 aliphatic rings. The molecule has 20 heavy (non-hydrogen) atoms. The summed E-state index contributed by atoms with van der Waals surface area (Å²) < 4.78 is 5.40. The van der Waals surface area contributed by atoms with Crippen LogP contribution in [-0.4, -0.2) is 56.2 Å². The summed E-state index contributed by atoms with van der Waals surface area (Å²) in [6.07, 6.45) is 7.09. The van der Waals surface area contributed by atoms with E-state index in [1.54, 1.807) is 0 Å². The van der Waals surface area contributed by atoms with E-state index in [4.69, 9.17) is 9.73 Å². The van der Waals surface area contributed by atoms with Gasteiger partial charge in [0.15, 0.2) is 0 Å². The van der Waals surface area contributed by atoms with Crippen LogP contribution in [0.1, 0.15) is 32.1 Å². The highest BCUT2D eigenvalue weighted by Crippen LogP contribution is 2.45. The number of ether oxygens (including phenoxy) is 1. The van der Waals surface area contributed by atoms with E-state index < -0.39 is 0 Å². The number of nitrogens with one attached hydrogen (secondary N) is 1. The first-order valence-electron chi connectivity index (χ1n) is 8.48. The maximum atomic E-state index is 5.40. The van der Waals surface area contributed by atoms with Gasteiger partial charge in [0, 0.05) is 31.6 Å². The Kier molecular flexibility index (Phi) is 3.69. The van der Waals surface area contributed by atoms with E-state index >= 15 is 0 Å². The molecule has 2 unspecified atom stereocenters. The van der Waals surface area contributed by atoms with Gasteiger partial charge in [-0.2, -0.15) is 0 Å². The molecule has 3 heterocycles. The number of morpholine rings is 1. The Bertz CT molecular complexity index is 364. The zero-order chi connectivity index (χ0) is 13.4. The Hall–Kier alpha value is -0.610. The van der Waals surface area contributed by atoms with Crippen molar-refractivity contribution in [3.05, 3.63) is 0 Å². The highest BCUT2D eigenvalue weighted by molar-refractivity contribution is 5.85. The molecule has 112 valence electrons. The van der Waals surface area contributed by atoms with Crippen molar-refractivity contribution >= 4 is 5.84 Å². The van der Waals surface area contributed by atoms with Crippen molar-refractivity contribution < 1.29 is 4.74 Å². The van der Waals surface area contributed by atoms with Crippen LogP contribution >= 0.6 is 0 Å². The quantitative estimate of drug-likeness (QED) is 0.850. The summed E-state index contributed by atoms with van der Waals surface area (Å²) in [7, 11) is 0. The highest BCUT2D eigenvalue weighted by Gasteiger charge is 2.41. The van der Waals surface area contributed by atoms with Crippen molar-refractivity contribution in [2.75, 3.05) is 39.4 Å². The molecule has 1 N–H and O–H groups in total. The van der Waals surface area contributed by atoms with Crippen LogP contribution in [0.5, 0.6) is 0 Å². The Morgan fingerprint density at radius 2 is 1.80 bits per heavy atom. The fourth-order valence-corrected chi connectivity index (χ4v) is 4.83. The average Bonchev–Trinajstić information content (AvgIpc) is 2.64. The van der Waals surface area contributed by atoms with Gasteiger partial charge in [-0.15, -0.1) is 0 Å². The van der Waals surface area contributed by atoms with E-state index in [2.05, 4.69) is 10.2 Å². The van der Waals surface area contributed by atoms with Gasteiger partial charge in [0.2, 0.25) is 0 Å². The molecule has 2 aliphatic carbocycles. The van der Waals surface area contributed by atoms with E-state index in [1.807, 2.05) is 0 Å². The minimum Gasteiger partial charge on any atom is -0.379 e. The van der Waals surface area contributed by atoms with Crippen LogP contribution in [-0.2, 0) is 4.74 Å². The van der Waals surface area contributed by atoms with E-state index in [1.165, 1.54) is 37.9 Å². The number of hydrogen-bond donors (Lipinski definition) is 1. The van der Waals surface area contributed by atoms with Crippen LogP contribution in [0.15, 0.2) is 4.99 Å². The molecule has 4 nitrogen and oxygen atoms in total. The maximum Gasteiger partial charge on any atom is 0.0997 e. The fourth-order valence-electron chi connectivity index (χ4n) is 4.83. The molecule has 0 spiro atoms. The normalized spacial score (nSPS) is 42.7. The summed E-state index contributed by atoms with van der Waals surface area (Å²) in [4.78, 5) is 7.44. The molecule has 3 aliphatic heterocycles. The van der Waals surface area contributed by atoms with Crippen molar-refractivity contribution in [3.8, 4) is 0 Å². The highest BCUT2D eigenvalue weighted by atomic mass is 16.5. The molecule has 4 bridgehead atoms. The minimum atomic E-state index is 0.730. The predicted octanol–water partition coefficient (Wildman–Crippen LogP) is 1.52. The van der Waals surface area contributed by atoms with Gasteiger partial charge in [-0.25, -0.2) is 0 Å². The van der Waals surface area contributed by atoms with Crippen LogP contribution in [0.3, 0.4) is 0 Å². The number of hydrogen-bond acceptors (Lipinski definition) is 3. The van der Waals surface area contributed by atoms with Crippen LogP contribution in [0.25, 0.3) is 0 Å². The van der Waals surface area contributed by atoms with Crippen molar-refractivity contribution in [1.82, 2.24) is 10.2 Å².